The SMILES string of the molecule is CC(Nc1cccc(C2(C)COCC(N)=N2)c1)c1ccc(Cl)cc1. The van der Waals surface area contributed by atoms with Crippen LogP contribution in [0.1, 0.15) is 31.0 Å². The van der Waals surface area contributed by atoms with E-state index in [2.05, 4.69) is 35.4 Å². The van der Waals surface area contributed by atoms with E-state index >= 15 is 0 Å². The maximum atomic E-state index is 5.96. The zero-order valence-corrected chi connectivity index (χ0v) is 14.7. The third-order valence-corrected chi connectivity index (χ3v) is 4.51. The molecule has 1 aliphatic heterocycles. The van der Waals surface area contributed by atoms with Crippen LogP contribution in [0.3, 0.4) is 0 Å². The Bertz CT molecular complexity index is 745. The summed E-state index contributed by atoms with van der Waals surface area (Å²) >= 11 is 5.96. The van der Waals surface area contributed by atoms with Crippen molar-refractivity contribution in [1.29, 1.82) is 0 Å². The molecule has 0 bridgehead atoms. The lowest BCUT2D eigenvalue weighted by atomic mass is 9.92. The number of ether oxygens (including phenoxy) is 1. The molecular formula is C19H22ClN3O. The van der Waals surface area contributed by atoms with Crippen LogP contribution >= 0.6 is 11.6 Å². The van der Waals surface area contributed by atoms with Crippen molar-refractivity contribution in [2.75, 3.05) is 18.5 Å². The van der Waals surface area contributed by atoms with E-state index in [1.54, 1.807) is 0 Å². The van der Waals surface area contributed by atoms with Gasteiger partial charge in [0, 0.05) is 16.8 Å². The summed E-state index contributed by atoms with van der Waals surface area (Å²) in [5.41, 5.74) is 8.71. The zero-order chi connectivity index (χ0) is 17.2. The molecule has 24 heavy (non-hydrogen) atoms. The molecule has 0 amide bonds. The second kappa shape index (κ2) is 6.83. The maximum Gasteiger partial charge on any atom is 0.121 e. The summed E-state index contributed by atoms with van der Waals surface area (Å²) in [6, 6.07) is 16.3. The van der Waals surface area contributed by atoms with Crippen LogP contribution in [0.4, 0.5) is 5.69 Å². The van der Waals surface area contributed by atoms with E-state index in [1.165, 1.54) is 5.56 Å². The highest BCUT2D eigenvalue weighted by Gasteiger charge is 2.30. The van der Waals surface area contributed by atoms with Gasteiger partial charge in [-0.1, -0.05) is 35.9 Å². The smallest absolute Gasteiger partial charge is 0.121 e. The van der Waals surface area contributed by atoms with Crippen LogP contribution < -0.4 is 11.1 Å². The number of benzene rings is 2. The molecule has 0 spiro atoms. The minimum absolute atomic E-state index is 0.168. The fourth-order valence-electron chi connectivity index (χ4n) is 2.91. The molecule has 1 heterocycles. The summed E-state index contributed by atoms with van der Waals surface area (Å²) in [6.07, 6.45) is 0. The highest BCUT2D eigenvalue weighted by Crippen LogP contribution is 2.31. The normalized spacial score (nSPS) is 21.9. The molecule has 3 rings (SSSR count). The van der Waals surface area contributed by atoms with Crippen molar-refractivity contribution >= 4 is 23.1 Å². The second-order valence-corrected chi connectivity index (χ2v) is 6.80. The first-order chi connectivity index (χ1) is 11.5. The first-order valence-corrected chi connectivity index (χ1v) is 8.38. The summed E-state index contributed by atoms with van der Waals surface area (Å²) < 4.78 is 5.56. The molecule has 2 unspecified atom stereocenters. The summed E-state index contributed by atoms with van der Waals surface area (Å²) in [5.74, 6) is 0.539. The summed E-state index contributed by atoms with van der Waals surface area (Å²) in [5, 5.41) is 4.27. The number of hydrogen-bond donors (Lipinski definition) is 2. The molecule has 3 N–H and O–H groups in total. The number of nitrogens with zero attached hydrogens (tertiary/aromatic N) is 1. The number of halogens is 1. The lowest BCUT2D eigenvalue weighted by Crippen LogP contribution is -2.37. The Morgan fingerprint density at radius 3 is 2.71 bits per heavy atom. The Labute approximate surface area is 147 Å². The van der Waals surface area contributed by atoms with E-state index in [1.807, 2.05) is 37.3 Å². The molecule has 126 valence electrons. The molecule has 4 nitrogen and oxygen atoms in total. The van der Waals surface area contributed by atoms with Gasteiger partial charge in [0.05, 0.1) is 6.61 Å². The van der Waals surface area contributed by atoms with Gasteiger partial charge in [0.25, 0.3) is 0 Å². The zero-order valence-electron chi connectivity index (χ0n) is 13.9. The first-order valence-electron chi connectivity index (χ1n) is 8.01. The van der Waals surface area contributed by atoms with Crippen LogP contribution in [-0.2, 0) is 10.3 Å². The lowest BCUT2D eigenvalue weighted by Gasteiger charge is -2.30. The minimum Gasteiger partial charge on any atom is -0.386 e. The van der Waals surface area contributed by atoms with Gasteiger partial charge in [-0.2, -0.15) is 0 Å². The van der Waals surface area contributed by atoms with Crippen molar-refractivity contribution in [2.45, 2.75) is 25.4 Å². The Kier molecular flexibility index (Phi) is 4.78. The number of anilines is 1. The van der Waals surface area contributed by atoms with Crippen LogP contribution in [0.5, 0.6) is 0 Å². The third kappa shape index (κ3) is 3.71. The number of rotatable bonds is 4. The number of hydrogen-bond acceptors (Lipinski definition) is 4. The average Bonchev–Trinajstić information content (AvgIpc) is 2.55. The fraction of sp³-hybridized carbons (Fsp3) is 0.316. The molecular weight excluding hydrogens is 322 g/mol. The van der Waals surface area contributed by atoms with E-state index in [0.29, 0.717) is 19.0 Å². The highest BCUT2D eigenvalue weighted by molar-refractivity contribution is 6.30. The molecule has 1 aliphatic rings. The van der Waals surface area contributed by atoms with Gasteiger partial charge in [0.15, 0.2) is 0 Å². The second-order valence-electron chi connectivity index (χ2n) is 6.37. The van der Waals surface area contributed by atoms with Gasteiger partial charge in [0.1, 0.15) is 18.0 Å². The summed E-state index contributed by atoms with van der Waals surface area (Å²) in [7, 11) is 0. The molecule has 5 heteroatoms. The largest absolute Gasteiger partial charge is 0.386 e. The van der Waals surface area contributed by atoms with Crippen molar-refractivity contribution in [2.24, 2.45) is 10.7 Å². The van der Waals surface area contributed by atoms with Crippen LogP contribution in [0.2, 0.25) is 5.02 Å². The van der Waals surface area contributed by atoms with Gasteiger partial charge >= 0.3 is 0 Å². The van der Waals surface area contributed by atoms with Gasteiger partial charge in [-0.15, -0.1) is 0 Å². The topological polar surface area (TPSA) is 59.6 Å². The van der Waals surface area contributed by atoms with Crippen LogP contribution in [0.15, 0.2) is 53.5 Å². The Balaban J connectivity index is 1.80. The quantitative estimate of drug-likeness (QED) is 0.878. The maximum absolute atomic E-state index is 5.96. The van der Waals surface area contributed by atoms with E-state index in [-0.39, 0.29) is 6.04 Å². The standard InChI is InChI=1S/C19H22ClN3O/c1-13(14-6-8-16(20)9-7-14)22-17-5-3-4-15(10-17)19(2)12-24-11-18(21)23-19/h3-10,13,22H,11-12H2,1-2H3,(H2,21,23). The third-order valence-electron chi connectivity index (χ3n) is 4.26. The van der Waals surface area contributed by atoms with Crippen LogP contribution in [0, 0.1) is 0 Å². The predicted molar refractivity (Wildman–Crippen MR) is 99.7 cm³/mol. The average molecular weight is 344 g/mol. The lowest BCUT2D eigenvalue weighted by molar-refractivity contribution is 0.106. The van der Waals surface area contributed by atoms with Crippen LogP contribution in [0.25, 0.3) is 0 Å². The molecule has 0 saturated heterocycles. The monoisotopic (exact) mass is 343 g/mol. The van der Waals surface area contributed by atoms with Gasteiger partial charge in [0.2, 0.25) is 0 Å². The van der Waals surface area contributed by atoms with Crippen molar-refractivity contribution < 1.29 is 4.74 Å². The summed E-state index contributed by atoms with van der Waals surface area (Å²) in [6.45, 7) is 5.10. The van der Waals surface area contributed by atoms with E-state index in [4.69, 9.17) is 22.1 Å². The first kappa shape index (κ1) is 16.8. The number of amidine groups is 1. The predicted octanol–water partition coefficient (Wildman–Crippen LogP) is 4.12. The summed E-state index contributed by atoms with van der Waals surface area (Å²) in [4.78, 5) is 4.60. The Morgan fingerprint density at radius 1 is 1.25 bits per heavy atom. The number of nitrogens with two attached hydrogens (primary N) is 1. The van der Waals surface area contributed by atoms with E-state index < -0.39 is 5.54 Å². The Hall–Kier alpha value is -2.04. The van der Waals surface area contributed by atoms with Crippen molar-refractivity contribution in [3.8, 4) is 0 Å². The molecule has 2 atom stereocenters. The molecule has 0 fully saturated rings. The van der Waals surface area contributed by atoms with Crippen molar-refractivity contribution in [1.82, 2.24) is 0 Å². The van der Waals surface area contributed by atoms with Crippen molar-refractivity contribution in [3.05, 3.63) is 64.7 Å². The molecule has 0 radical (unpaired) electrons. The molecule has 0 aromatic heterocycles. The molecule has 2 aromatic rings. The highest BCUT2D eigenvalue weighted by atomic mass is 35.5. The van der Waals surface area contributed by atoms with E-state index in [0.717, 1.165) is 16.3 Å². The Morgan fingerprint density at radius 2 is 2.00 bits per heavy atom. The molecule has 0 saturated carbocycles. The van der Waals surface area contributed by atoms with Gasteiger partial charge in [-0.25, -0.2) is 0 Å². The van der Waals surface area contributed by atoms with Crippen molar-refractivity contribution in [3.63, 3.8) is 0 Å². The number of aliphatic imine (C=N–C) groups is 1. The minimum atomic E-state index is -0.441. The van der Waals surface area contributed by atoms with Gasteiger partial charge in [-0.3, -0.25) is 4.99 Å². The van der Waals surface area contributed by atoms with Crippen LogP contribution in [-0.4, -0.2) is 19.0 Å². The van der Waals surface area contributed by atoms with Gasteiger partial charge < -0.3 is 15.8 Å². The number of nitrogens with one attached hydrogen (secondary N) is 1. The fourth-order valence-corrected chi connectivity index (χ4v) is 3.04. The van der Waals surface area contributed by atoms with E-state index in [9.17, 15) is 0 Å². The molecule has 2 aromatic carbocycles. The van der Waals surface area contributed by atoms with Gasteiger partial charge in [-0.05, 0) is 49.2 Å². The molecule has 0 aliphatic carbocycles.